The number of rotatable bonds is 4. The number of ketones is 1. The second kappa shape index (κ2) is 8.50. The van der Waals surface area contributed by atoms with Crippen LogP contribution in [-0.4, -0.2) is 15.3 Å². The lowest BCUT2D eigenvalue weighted by molar-refractivity contribution is -0.137. The lowest BCUT2D eigenvalue weighted by Crippen LogP contribution is -2.21. The number of hydrogen-bond donors (Lipinski definition) is 0. The first-order chi connectivity index (χ1) is 15.6. The molecule has 3 aromatic carbocycles. The quantitative estimate of drug-likeness (QED) is 0.379. The number of aromatic nitrogens is 2. The zero-order chi connectivity index (χ0) is 23.8. The number of aryl methyl sites for hydroxylation is 1. The zero-order valence-electron chi connectivity index (χ0n) is 17.9. The number of carbonyl (C=O) groups is 1. The minimum Gasteiger partial charge on any atom is -0.296 e. The average molecular weight is 448 g/mol. The van der Waals surface area contributed by atoms with E-state index in [2.05, 4.69) is 4.98 Å². The molecule has 1 heterocycles. The number of fused-ring (bicyclic) bond motifs is 1. The molecule has 0 aliphatic heterocycles. The monoisotopic (exact) mass is 448 g/mol. The van der Waals surface area contributed by atoms with Crippen molar-refractivity contribution in [3.05, 3.63) is 111 Å². The molecule has 4 nitrogen and oxygen atoms in total. The van der Waals surface area contributed by atoms with Crippen molar-refractivity contribution < 1.29 is 18.0 Å². The molecular weight excluding hydrogens is 429 g/mol. The molecule has 4 rings (SSSR count). The van der Waals surface area contributed by atoms with Gasteiger partial charge in [-0.1, -0.05) is 54.6 Å². The fourth-order valence-corrected chi connectivity index (χ4v) is 3.54. The first-order valence-electron chi connectivity index (χ1n) is 10.1. The number of halogens is 3. The van der Waals surface area contributed by atoms with Crippen molar-refractivity contribution in [1.82, 2.24) is 9.55 Å². The summed E-state index contributed by atoms with van der Waals surface area (Å²) in [5, 5.41) is 0.586. The van der Waals surface area contributed by atoms with Crippen molar-refractivity contribution in [2.24, 2.45) is 7.05 Å². The molecule has 0 aliphatic rings. The molecule has 1 aromatic heterocycles. The Bertz CT molecular complexity index is 1430. The topological polar surface area (TPSA) is 52.0 Å². The first kappa shape index (κ1) is 22.2. The molecule has 0 spiro atoms. The Kier molecular flexibility index (Phi) is 5.72. The first-order valence-corrected chi connectivity index (χ1v) is 10.1. The molecule has 0 atom stereocenters. The minimum atomic E-state index is -4.45. The van der Waals surface area contributed by atoms with Crippen molar-refractivity contribution in [2.45, 2.75) is 13.1 Å². The van der Waals surface area contributed by atoms with Crippen LogP contribution in [0.25, 0.3) is 23.1 Å². The van der Waals surface area contributed by atoms with E-state index in [1.165, 1.54) is 16.7 Å². The molecule has 7 heteroatoms. The van der Waals surface area contributed by atoms with Gasteiger partial charge in [0.25, 0.3) is 5.56 Å². The Hall–Kier alpha value is -4.00. The lowest BCUT2D eigenvalue weighted by Gasteiger charge is -2.08. The summed E-state index contributed by atoms with van der Waals surface area (Å²) in [6.45, 7) is 1.87. The molecule has 0 aliphatic carbocycles. The Morgan fingerprint density at radius 3 is 2.12 bits per heavy atom. The van der Waals surface area contributed by atoms with Gasteiger partial charge in [-0.3, -0.25) is 14.2 Å². The van der Waals surface area contributed by atoms with Crippen molar-refractivity contribution in [3.8, 4) is 0 Å². The van der Waals surface area contributed by atoms with Crippen LogP contribution in [0.15, 0.2) is 71.5 Å². The number of alkyl halides is 3. The summed E-state index contributed by atoms with van der Waals surface area (Å²) in [4.78, 5) is 29.8. The largest absolute Gasteiger partial charge is 0.416 e. The molecule has 0 saturated heterocycles. The van der Waals surface area contributed by atoms with Crippen LogP contribution in [-0.2, 0) is 13.2 Å². The van der Waals surface area contributed by atoms with Gasteiger partial charge in [-0.25, -0.2) is 4.98 Å². The fourth-order valence-electron chi connectivity index (χ4n) is 3.54. The SMILES string of the molecule is Cc1cccc2nc(C=Cc3ccc(C(=O)c4ccc(C(F)(F)F)cc4)cc3)n(C)c(=O)c12. The third-order valence-corrected chi connectivity index (χ3v) is 5.42. The number of hydrogen-bond acceptors (Lipinski definition) is 3. The van der Waals surface area contributed by atoms with Gasteiger partial charge in [0.15, 0.2) is 5.78 Å². The Labute approximate surface area is 187 Å². The zero-order valence-corrected chi connectivity index (χ0v) is 17.9. The van der Waals surface area contributed by atoms with Crippen LogP contribution in [0.4, 0.5) is 13.2 Å². The van der Waals surface area contributed by atoms with Gasteiger partial charge in [0.2, 0.25) is 0 Å². The second-order valence-electron chi connectivity index (χ2n) is 7.66. The van der Waals surface area contributed by atoms with E-state index < -0.39 is 11.7 Å². The van der Waals surface area contributed by atoms with E-state index >= 15 is 0 Å². The summed E-state index contributed by atoms with van der Waals surface area (Å²) in [7, 11) is 1.66. The number of benzene rings is 3. The summed E-state index contributed by atoms with van der Waals surface area (Å²) in [5.41, 5.74) is 1.87. The minimum absolute atomic E-state index is 0.129. The second-order valence-corrected chi connectivity index (χ2v) is 7.66. The summed E-state index contributed by atoms with van der Waals surface area (Å²) >= 11 is 0. The fraction of sp³-hybridized carbons (Fsp3) is 0.115. The average Bonchev–Trinajstić information content (AvgIpc) is 2.80. The maximum atomic E-state index is 12.7. The molecular formula is C26H19F3N2O2. The van der Waals surface area contributed by atoms with E-state index in [4.69, 9.17) is 0 Å². The molecule has 0 N–H and O–H groups in total. The van der Waals surface area contributed by atoms with Crippen molar-refractivity contribution in [2.75, 3.05) is 0 Å². The van der Waals surface area contributed by atoms with Gasteiger partial charge >= 0.3 is 6.18 Å². The van der Waals surface area contributed by atoms with Gasteiger partial charge in [-0.05, 0) is 42.3 Å². The highest BCUT2D eigenvalue weighted by molar-refractivity contribution is 6.09. The van der Waals surface area contributed by atoms with E-state index in [1.807, 2.05) is 19.1 Å². The van der Waals surface area contributed by atoms with Gasteiger partial charge < -0.3 is 0 Å². The Balaban J connectivity index is 1.56. The smallest absolute Gasteiger partial charge is 0.296 e. The number of carbonyl (C=O) groups excluding carboxylic acids is 1. The van der Waals surface area contributed by atoms with Crippen LogP contribution < -0.4 is 5.56 Å². The van der Waals surface area contributed by atoms with Gasteiger partial charge in [0.05, 0.1) is 16.5 Å². The maximum absolute atomic E-state index is 12.7. The van der Waals surface area contributed by atoms with E-state index in [-0.39, 0.29) is 16.9 Å². The third kappa shape index (κ3) is 4.48. The van der Waals surface area contributed by atoms with Crippen LogP contribution >= 0.6 is 0 Å². The molecule has 0 fully saturated rings. The molecule has 4 aromatic rings. The molecule has 33 heavy (non-hydrogen) atoms. The highest BCUT2D eigenvalue weighted by Crippen LogP contribution is 2.29. The molecule has 0 saturated carbocycles. The number of nitrogens with zero attached hydrogens (tertiary/aromatic N) is 2. The Morgan fingerprint density at radius 1 is 0.909 bits per heavy atom. The maximum Gasteiger partial charge on any atom is 0.416 e. The summed E-state index contributed by atoms with van der Waals surface area (Å²) in [6, 6.07) is 16.3. The normalized spacial score (nSPS) is 11.9. The predicted molar refractivity (Wildman–Crippen MR) is 122 cm³/mol. The molecule has 0 radical (unpaired) electrons. The summed E-state index contributed by atoms with van der Waals surface area (Å²) < 4.78 is 39.6. The highest BCUT2D eigenvalue weighted by Gasteiger charge is 2.30. The summed E-state index contributed by atoms with van der Waals surface area (Å²) in [6.07, 6.45) is -0.955. The lowest BCUT2D eigenvalue weighted by atomic mass is 10.0. The summed E-state index contributed by atoms with van der Waals surface area (Å²) in [5.74, 6) is 0.122. The Morgan fingerprint density at radius 2 is 1.52 bits per heavy atom. The predicted octanol–water partition coefficient (Wildman–Crippen LogP) is 5.66. The molecule has 0 amide bonds. The van der Waals surface area contributed by atoms with Crippen molar-refractivity contribution >= 4 is 28.8 Å². The third-order valence-electron chi connectivity index (χ3n) is 5.42. The van der Waals surface area contributed by atoms with E-state index in [1.54, 1.807) is 49.5 Å². The van der Waals surface area contributed by atoms with Gasteiger partial charge in [0, 0.05) is 18.2 Å². The molecule has 0 bridgehead atoms. The van der Waals surface area contributed by atoms with Gasteiger partial charge in [-0.15, -0.1) is 0 Å². The van der Waals surface area contributed by atoms with Crippen molar-refractivity contribution in [3.63, 3.8) is 0 Å². The molecule has 166 valence electrons. The van der Waals surface area contributed by atoms with Gasteiger partial charge in [0.1, 0.15) is 5.82 Å². The standard InChI is InChI=1S/C26H19F3N2O2/c1-16-4-3-5-21-23(16)25(33)31(2)22(30-21)15-8-17-6-9-18(10-7-17)24(32)19-11-13-20(14-12-19)26(27,28)29/h3-15H,1-2H3. The van der Waals surface area contributed by atoms with Gasteiger partial charge in [-0.2, -0.15) is 13.2 Å². The highest BCUT2D eigenvalue weighted by atomic mass is 19.4. The van der Waals surface area contributed by atoms with Crippen molar-refractivity contribution in [1.29, 1.82) is 0 Å². The van der Waals surface area contributed by atoms with E-state index in [0.717, 1.165) is 23.3 Å². The van der Waals surface area contributed by atoms with Crippen LogP contribution in [0.3, 0.4) is 0 Å². The van der Waals surface area contributed by atoms with E-state index in [0.29, 0.717) is 22.3 Å². The van der Waals surface area contributed by atoms with Crippen LogP contribution in [0.1, 0.15) is 38.4 Å². The van der Waals surface area contributed by atoms with Crippen LogP contribution in [0, 0.1) is 6.92 Å². The molecule has 0 unspecified atom stereocenters. The van der Waals surface area contributed by atoms with Crippen LogP contribution in [0.5, 0.6) is 0 Å². The van der Waals surface area contributed by atoms with E-state index in [9.17, 15) is 22.8 Å². The van der Waals surface area contributed by atoms with Crippen LogP contribution in [0.2, 0.25) is 0 Å².